The van der Waals surface area contributed by atoms with Gasteiger partial charge in [-0.25, -0.2) is 4.79 Å². The summed E-state index contributed by atoms with van der Waals surface area (Å²) in [6.45, 7) is 2.90. The molecule has 4 rings (SSSR count). The van der Waals surface area contributed by atoms with Gasteiger partial charge in [0.25, 0.3) is 5.91 Å². The lowest BCUT2D eigenvalue weighted by Crippen LogP contribution is -2.49. The van der Waals surface area contributed by atoms with Gasteiger partial charge < -0.3 is 15.0 Å². The molecule has 0 bridgehead atoms. The van der Waals surface area contributed by atoms with Gasteiger partial charge in [-0.3, -0.25) is 14.5 Å². The molecule has 2 aromatic rings. The van der Waals surface area contributed by atoms with Crippen molar-refractivity contribution in [3.63, 3.8) is 0 Å². The van der Waals surface area contributed by atoms with Crippen LogP contribution in [0.25, 0.3) is 0 Å². The van der Waals surface area contributed by atoms with Gasteiger partial charge in [0.15, 0.2) is 0 Å². The van der Waals surface area contributed by atoms with Crippen molar-refractivity contribution in [3.8, 4) is 5.75 Å². The number of imide groups is 1. The smallest absolute Gasteiger partial charge is 0.406 e. The monoisotopic (exact) mass is 461 g/mol. The number of para-hydroxylation sites is 1. The number of halogens is 3. The fourth-order valence-corrected chi connectivity index (χ4v) is 4.31. The molecule has 33 heavy (non-hydrogen) atoms. The van der Waals surface area contributed by atoms with Crippen molar-refractivity contribution in [2.45, 2.75) is 44.6 Å². The summed E-state index contributed by atoms with van der Waals surface area (Å²) < 4.78 is 41.1. The SMILES string of the molecule is CC1CCc2ccccc2N1C(=O)CN1C(=O)NC(C)(c2ccc(OC(F)(F)F)cc2)C1=O. The Morgan fingerprint density at radius 1 is 1.15 bits per heavy atom. The molecule has 1 fully saturated rings. The first-order valence-electron chi connectivity index (χ1n) is 10.4. The summed E-state index contributed by atoms with van der Waals surface area (Å²) in [5, 5.41) is 2.56. The summed E-state index contributed by atoms with van der Waals surface area (Å²) in [7, 11) is 0. The fourth-order valence-electron chi connectivity index (χ4n) is 4.31. The second kappa shape index (κ2) is 8.09. The van der Waals surface area contributed by atoms with E-state index in [1.54, 1.807) is 4.90 Å². The lowest BCUT2D eigenvalue weighted by molar-refractivity contribution is -0.274. The number of nitrogens with one attached hydrogen (secondary N) is 1. The molecule has 2 aromatic carbocycles. The normalized spacial score (nSPS) is 22.8. The molecule has 2 aliphatic rings. The van der Waals surface area contributed by atoms with Crippen LogP contribution < -0.4 is 15.0 Å². The van der Waals surface area contributed by atoms with Gasteiger partial charge in [0.1, 0.15) is 17.8 Å². The van der Waals surface area contributed by atoms with E-state index in [9.17, 15) is 27.6 Å². The van der Waals surface area contributed by atoms with Crippen molar-refractivity contribution in [1.29, 1.82) is 0 Å². The molecular weight excluding hydrogens is 439 g/mol. The Hall–Kier alpha value is -3.56. The molecule has 2 unspecified atom stereocenters. The molecule has 174 valence electrons. The van der Waals surface area contributed by atoms with E-state index in [-0.39, 0.29) is 11.6 Å². The predicted octanol–water partition coefficient (Wildman–Crippen LogP) is 3.72. The fraction of sp³-hybridized carbons (Fsp3) is 0.348. The maximum Gasteiger partial charge on any atom is 0.573 e. The second-order valence-electron chi connectivity index (χ2n) is 8.30. The van der Waals surface area contributed by atoms with Crippen LogP contribution in [0.5, 0.6) is 5.75 Å². The van der Waals surface area contributed by atoms with E-state index in [4.69, 9.17) is 0 Å². The Kier molecular flexibility index (Phi) is 5.55. The van der Waals surface area contributed by atoms with Crippen LogP contribution >= 0.6 is 0 Å². The molecule has 2 aliphatic heterocycles. The molecule has 2 atom stereocenters. The summed E-state index contributed by atoms with van der Waals surface area (Å²) >= 11 is 0. The lowest BCUT2D eigenvalue weighted by Gasteiger charge is -2.36. The highest BCUT2D eigenvalue weighted by Gasteiger charge is 2.50. The summed E-state index contributed by atoms with van der Waals surface area (Å²) in [4.78, 5) is 41.4. The number of nitrogens with zero attached hydrogens (tertiary/aromatic N) is 2. The zero-order valence-corrected chi connectivity index (χ0v) is 18.0. The van der Waals surface area contributed by atoms with E-state index in [2.05, 4.69) is 10.1 Å². The van der Waals surface area contributed by atoms with Gasteiger partial charge in [0.05, 0.1) is 0 Å². The van der Waals surface area contributed by atoms with E-state index in [0.717, 1.165) is 41.1 Å². The topological polar surface area (TPSA) is 79.0 Å². The minimum absolute atomic E-state index is 0.0965. The number of anilines is 1. The maximum atomic E-state index is 13.2. The van der Waals surface area contributed by atoms with Gasteiger partial charge in [0, 0.05) is 11.7 Å². The van der Waals surface area contributed by atoms with Crippen molar-refractivity contribution in [2.24, 2.45) is 0 Å². The highest BCUT2D eigenvalue weighted by molar-refractivity contribution is 6.10. The molecule has 2 heterocycles. The summed E-state index contributed by atoms with van der Waals surface area (Å²) in [6.07, 6.45) is -3.26. The zero-order chi connectivity index (χ0) is 24.0. The van der Waals surface area contributed by atoms with E-state index >= 15 is 0 Å². The molecule has 7 nitrogen and oxygen atoms in total. The van der Waals surface area contributed by atoms with Crippen LogP contribution in [0.3, 0.4) is 0 Å². The number of aryl methyl sites for hydroxylation is 1. The quantitative estimate of drug-likeness (QED) is 0.704. The molecule has 0 saturated carbocycles. The molecule has 0 spiro atoms. The Balaban J connectivity index is 1.53. The second-order valence-corrected chi connectivity index (χ2v) is 8.30. The lowest BCUT2D eigenvalue weighted by atomic mass is 9.92. The van der Waals surface area contributed by atoms with E-state index < -0.39 is 42.0 Å². The summed E-state index contributed by atoms with van der Waals surface area (Å²) in [5.41, 5.74) is 0.519. The van der Waals surface area contributed by atoms with Crippen LogP contribution in [-0.2, 0) is 21.5 Å². The minimum Gasteiger partial charge on any atom is -0.406 e. The highest BCUT2D eigenvalue weighted by Crippen LogP contribution is 2.33. The number of benzene rings is 2. The third-order valence-corrected chi connectivity index (χ3v) is 6.03. The van der Waals surface area contributed by atoms with E-state index in [1.165, 1.54) is 19.1 Å². The van der Waals surface area contributed by atoms with Gasteiger partial charge in [-0.15, -0.1) is 13.2 Å². The number of fused-ring (bicyclic) bond motifs is 1. The molecule has 0 radical (unpaired) electrons. The number of carbonyl (C=O) groups is 3. The summed E-state index contributed by atoms with van der Waals surface area (Å²) in [5.74, 6) is -1.50. The van der Waals surface area contributed by atoms with Crippen molar-refractivity contribution in [3.05, 3.63) is 59.7 Å². The number of alkyl halides is 3. The third kappa shape index (κ3) is 4.24. The number of rotatable bonds is 4. The van der Waals surface area contributed by atoms with Crippen LogP contribution in [-0.4, -0.2) is 41.7 Å². The van der Waals surface area contributed by atoms with Crippen molar-refractivity contribution < 1.29 is 32.3 Å². The van der Waals surface area contributed by atoms with Crippen molar-refractivity contribution in [1.82, 2.24) is 10.2 Å². The van der Waals surface area contributed by atoms with Gasteiger partial charge in [-0.1, -0.05) is 30.3 Å². The van der Waals surface area contributed by atoms with Gasteiger partial charge >= 0.3 is 12.4 Å². The van der Waals surface area contributed by atoms with Gasteiger partial charge in [-0.2, -0.15) is 0 Å². The number of carbonyl (C=O) groups excluding carboxylic acids is 3. The molecule has 0 aliphatic carbocycles. The Morgan fingerprint density at radius 2 is 1.82 bits per heavy atom. The number of hydrogen-bond donors (Lipinski definition) is 1. The first kappa shape index (κ1) is 22.6. The Labute approximate surface area is 188 Å². The molecule has 0 aromatic heterocycles. The Bertz CT molecular complexity index is 1100. The molecule has 1 N–H and O–H groups in total. The van der Waals surface area contributed by atoms with Crippen molar-refractivity contribution >= 4 is 23.5 Å². The average molecular weight is 461 g/mol. The third-order valence-electron chi connectivity index (χ3n) is 6.03. The van der Waals surface area contributed by atoms with Gasteiger partial charge in [-0.05, 0) is 56.0 Å². The van der Waals surface area contributed by atoms with Crippen LogP contribution in [0, 0.1) is 0 Å². The summed E-state index contributed by atoms with van der Waals surface area (Å²) in [6, 6.07) is 11.3. The molecule has 4 amide bonds. The van der Waals surface area contributed by atoms with E-state index in [1.807, 2.05) is 31.2 Å². The predicted molar refractivity (Wildman–Crippen MR) is 112 cm³/mol. The average Bonchev–Trinajstić information content (AvgIpc) is 2.96. The number of ether oxygens (including phenoxy) is 1. The standard InChI is InChI=1S/C23H22F3N3O4/c1-14-7-8-15-5-3-4-6-18(15)29(14)19(30)13-28-20(31)22(2,27-21(28)32)16-9-11-17(12-10-16)33-23(24,25)26/h3-6,9-12,14H,7-8,13H2,1-2H3,(H,27,32). The number of amides is 4. The van der Waals surface area contributed by atoms with Crippen LogP contribution in [0.15, 0.2) is 48.5 Å². The number of urea groups is 1. The van der Waals surface area contributed by atoms with Crippen LogP contribution in [0.1, 0.15) is 31.4 Å². The minimum atomic E-state index is -4.84. The first-order chi connectivity index (χ1) is 15.5. The van der Waals surface area contributed by atoms with Crippen LogP contribution in [0.2, 0.25) is 0 Å². The number of hydrogen-bond acceptors (Lipinski definition) is 4. The van der Waals surface area contributed by atoms with Gasteiger partial charge in [0.2, 0.25) is 5.91 Å². The van der Waals surface area contributed by atoms with Crippen LogP contribution in [0.4, 0.5) is 23.7 Å². The first-order valence-corrected chi connectivity index (χ1v) is 10.4. The highest BCUT2D eigenvalue weighted by atomic mass is 19.4. The largest absolute Gasteiger partial charge is 0.573 e. The Morgan fingerprint density at radius 3 is 2.48 bits per heavy atom. The van der Waals surface area contributed by atoms with E-state index in [0.29, 0.717) is 0 Å². The van der Waals surface area contributed by atoms with Crippen molar-refractivity contribution in [2.75, 3.05) is 11.4 Å². The zero-order valence-electron chi connectivity index (χ0n) is 18.0. The molecular formula is C23H22F3N3O4. The maximum absolute atomic E-state index is 13.2. The molecule has 1 saturated heterocycles. The molecule has 10 heteroatoms.